The van der Waals surface area contributed by atoms with Crippen LogP contribution < -0.4 is 9.64 Å². The van der Waals surface area contributed by atoms with Crippen LogP contribution in [0.3, 0.4) is 0 Å². The Labute approximate surface area is 178 Å². The molecule has 1 saturated heterocycles. The Hall–Kier alpha value is -3.20. The maximum atomic E-state index is 15.1. The van der Waals surface area contributed by atoms with Crippen LogP contribution in [0.2, 0.25) is 0 Å². The first kappa shape index (κ1) is 19.7. The summed E-state index contributed by atoms with van der Waals surface area (Å²) in [6.45, 7) is 2.41. The van der Waals surface area contributed by atoms with Gasteiger partial charge in [-0.1, -0.05) is 0 Å². The molecular formula is C22H24FN5O3. The van der Waals surface area contributed by atoms with Crippen molar-refractivity contribution >= 4 is 22.6 Å². The first-order valence-corrected chi connectivity index (χ1v) is 10.3. The van der Waals surface area contributed by atoms with Crippen molar-refractivity contribution in [2.75, 3.05) is 31.6 Å². The van der Waals surface area contributed by atoms with Crippen molar-refractivity contribution in [3.8, 4) is 5.75 Å². The van der Waals surface area contributed by atoms with Crippen molar-refractivity contribution in [3.63, 3.8) is 0 Å². The molecule has 9 heteroatoms. The zero-order valence-corrected chi connectivity index (χ0v) is 17.4. The number of carbonyl (C=O) groups is 1. The van der Waals surface area contributed by atoms with Crippen molar-refractivity contribution in [1.29, 1.82) is 0 Å². The minimum Gasteiger partial charge on any atom is -0.487 e. The molecular weight excluding hydrogens is 401 g/mol. The van der Waals surface area contributed by atoms with Gasteiger partial charge in [-0.25, -0.2) is 9.37 Å². The molecule has 2 aliphatic heterocycles. The number of likely N-dealkylation sites (N-methyl/N-ethyl adjacent to an activating group) is 1. The molecule has 8 nitrogen and oxygen atoms in total. The molecule has 31 heavy (non-hydrogen) atoms. The normalized spacial score (nSPS) is 23.5. The topological polar surface area (TPSA) is 94.6 Å². The zero-order chi connectivity index (χ0) is 21.7. The zero-order valence-electron chi connectivity index (χ0n) is 17.4. The first-order valence-electron chi connectivity index (χ1n) is 10.3. The van der Waals surface area contributed by atoms with Crippen LogP contribution in [0.4, 0.5) is 10.2 Å². The number of nitrogens with one attached hydrogen (secondary N) is 1. The van der Waals surface area contributed by atoms with E-state index < -0.39 is 18.3 Å². The van der Waals surface area contributed by atoms with Gasteiger partial charge in [0, 0.05) is 25.4 Å². The van der Waals surface area contributed by atoms with Gasteiger partial charge in [0.1, 0.15) is 17.7 Å². The molecule has 1 amide bonds. The highest BCUT2D eigenvalue weighted by molar-refractivity contribution is 5.99. The average Bonchev–Trinajstić information content (AvgIpc) is 3.31. The van der Waals surface area contributed by atoms with Crippen molar-refractivity contribution in [3.05, 3.63) is 47.3 Å². The number of anilines is 1. The summed E-state index contributed by atoms with van der Waals surface area (Å²) in [5, 5.41) is 17.5. The fourth-order valence-electron chi connectivity index (χ4n) is 4.46. The molecule has 0 bridgehead atoms. The standard InChI is InChI=1S/C22H24FN5O3/c1-12-7-15-20(18(11-29)27(2)22(15)30)25-21(12)28-6-5-19(16(23)10-28)31-14-3-4-17-13(8-14)9-24-26-17/h3-4,7-9,16,18-19,29H,5-6,10-11H2,1-2H3,(H,24,26)/t16-,18-,19+/m0/s1. The van der Waals surface area contributed by atoms with E-state index in [-0.39, 0.29) is 19.1 Å². The number of hydrogen-bond donors (Lipinski definition) is 2. The van der Waals surface area contributed by atoms with Crippen LogP contribution in [0.1, 0.15) is 34.1 Å². The lowest BCUT2D eigenvalue weighted by atomic mass is 10.0. The number of aromatic amines is 1. The molecule has 2 N–H and O–H groups in total. The summed E-state index contributed by atoms with van der Waals surface area (Å²) in [5.41, 5.74) is 2.78. The second-order valence-electron chi connectivity index (χ2n) is 8.20. The van der Waals surface area contributed by atoms with Crippen LogP contribution >= 0.6 is 0 Å². The van der Waals surface area contributed by atoms with Gasteiger partial charge in [-0.2, -0.15) is 5.10 Å². The molecule has 1 fully saturated rings. The number of aromatic nitrogens is 3. The number of nitrogens with zero attached hydrogens (tertiary/aromatic N) is 4. The summed E-state index contributed by atoms with van der Waals surface area (Å²) in [7, 11) is 1.65. The lowest BCUT2D eigenvalue weighted by Crippen LogP contribution is -2.47. The molecule has 0 spiro atoms. The van der Waals surface area contributed by atoms with Gasteiger partial charge < -0.3 is 19.6 Å². The van der Waals surface area contributed by atoms with Gasteiger partial charge in [0.15, 0.2) is 6.17 Å². The molecule has 2 aliphatic rings. The minimum atomic E-state index is -1.19. The fraction of sp³-hybridized carbons (Fsp3) is 0.409. The molecule has 0 radical (unpaired) electrons. The molecule has 0 saturated carbocycles. The fourth-order valence-corrected chi connectivity index (χ4v) is 4.46. The predicted octanol–water partition coefficient (Wildman–Crippen LogP) is 2.38. The Morgan fingerprint density at radius 1 is 1.35 bits per heavy atom. The highest BCUT2D eigenvalue weighted by Crippen LogP contribution is 2.35. The smallest absolute Gasteiger partial charge is 0.256 e. The Balaban J connectivity index is 1.34. The van der Waals surface area contributed by atoms with Crippen molar-refractivity contribution in [2.45, 2.75) is 31.7 Å². The van der Waals surface area contributed by atoms with Crippen LogP contribution in [-0.4, -0.2) is 70.1 Å². The number of halogens is 1. The number of amides is 1. The largest absolute Gasteiger partial charge is 0.487 e. The summed E-state index contributed by atoms with van der Waals surface area (Å²) in [6.07, 6.45) is 0.474. The monoisotopic (exact) mass is 425 g/mol. The van der Waals surface area contributed by atoms with Gasteiger partial charge in [-0.05, 0) is 36.8 Å². The van der Waals surface area contributed by atoms with Crippen LogP contribution in [0.25, 0.3) is 10.9 Å². The van der Waals surface area contributed by atoms with E-state index in [9.17, 15) is 9.90 Å². The molecule has 2 aromatic heterocycles. The molecule has 4 heterocycles. The van der Waals surface area contributed by atoms with E-state index in [2.05, 4.69) is 15.2 Å². The van der Waals surface area contributed by atoms with Gasteiger partial charge >= 0.3 is 0 Å². The maximum absolute atomic E-state index is 15.1. The molecule has 3 aromatic rings. The Kier molecular flexibility index (Phi) is 4.77. The highest BCUT2D eigenvalue weighted by Gasteiger charge is 2.38. The number of aryl methyl sites for hydroxylation is 1. The summed E-state index contributed by atoms with van der Waals surface area (Å²) in [5.74, 6) is 1.12. The Bertz CT molecular complexity index is 1150. The second kappa shape index (κ2) is 7.49. The molecule has 0 aliphatic carbocycles. The predicted molar refractivity (Wildman–Crippen MR) is 113 cm³/mol. The number of piperidine rings is 1. The maximum Gasteiger partial charge on any atom is 0.256 e. The summed E-state index contributed by atoms with van der Waals surface area (Å²) in [6, 6.07) is 6.86. The van der Waals surface area contributed by atoms with Gasteiger partial charge in [-0.15, -0.1) is 0 Å². The van der Waals surface area contributed by atoms with E-state index >= 15 is 4.39 Å². The number of fused-ring (bicyclic) bond motifs is 2. The van der Waals surface area contributed by atoms with E-state index in [1.54, 1.807) is 19.3 Å². The summed E-state index contributed by atoms with van der Waals surface area (Å²) in [4.78, 5) is 20.5. The lowest BCUT2D eigenvalue weighted by molar-refractivity contribution is 0.0714. The summed E-state index contributed by atoms with van der Waals surface area (Å²) < 4.78 is 21.0. The molecule has 162 valence electrons. The number of carbonyl (C=O) groups excluding carboxylic acids is 1. The van der Waals surface area contributed by atoms with Gasteiger partial charge in [0.05, 0.1) is 42.2 Å². The van der Waals surface area contributed by atoms with Crippen molar-refractivity contribution in [2.24, 2.45) is 0 Å². The molecule has 0 unspecified atom stereocenters. The van der Waals surface area contributed by atoms with E-state index in [0.29, 0.717) is 35.8 Å². The number of aliphatic hydroxyl groups excluding tert-OH is 1. The van der Waals surface area contributed by atoms with Crippen LogP contribution in [0.15, 0.2) is 30.5 Å². The van der Waals surface area contributed by atoms with E-state index in [1.807, 2.05) is 30.0 Å². The van der Waals surface area contributed by atoms with Crippen LogP contribution in [0.5, 0.6) is 5.75 Å². The highest BCUT2D eigenvalue weighted by atomic mass is 19.1. The number of pyridine rings is 1. The number of benzene rings is 1. The van der Waals surface area contributed by atoms with Crippen molar-refractivity contribution in [1.82, 2.24) is 20.1 Å². The van der Waals surface area contributed by atoms with E-state index in [1.165, 1.54) is 4.90 Å². The number of rotatable bonds is 4. The third kappa shape index (κ3) is 3.29. The van der Waals surface area contributed by atoms with Gasteiger partial charge in [0.2, 0.25) is 0 Å². The van der Waals surface area contributed by atoms with Crippen molar-refractivity contribution < 1.29 is 19.0 Å². The Morgan fingerprint density at radius 3 is 2.97 bits per heavy atom. The Morgan fingerprint density at radius 2 is 2.19 bits per heavy atom. The average molecular weight is 425 g/mol. The molecule has 3 atom stereocenters. The number of aliphatic hydroxyl groups is 1. The van der Waals surface area contributed by atoms with Gasteiger partial charge in [0.25, 0.3) is 5.91 Å². The SMILES string of the molecule is Cc1cc2c(nc1N1CC[C@@H](Oc3ccc4[nH]ncc4c3)[C@@H](F)C1)[C@H](CO)N(C)C2=O. The second-order valence-corrected chi connectivity index (χ2v) is 8.20. The number of alkyl halides is 1. The number of hydrogen-bond acceptors (Lipinski definition) is 6. The lowest BCUT2D eigenvalue weighted by Gasteiger charge is -2.36. The summed E-state index contributed by atoms with van der Waals surface area (Å²) >= 11 is 0. The van der Waals surface area contributed by atoms with Gasteiger partial charge in [-0.3, -0.25) is 9.89 Å². The quantitative estimate of drug-likeness (QED) is 0.667. The third-order valence-corrected chi connectivity index (χ3v) is 6.20. The van der Waals surface area contributed by atoms with Crippen LogP contribution in [0, 0.1) is 6.92 Å². The van der Waals surface area contributed by atoms with E-state index in [0.717, 1.165) is 16.5 Å². The first-order chi connectivity index (χ1) is 15.0. The van der Waals surface area contributed by atoms with E-state index in [4.69, 9.17) is 4.74 Å². The number of H-pyrrole nitrogens is 1. The molecule has 1 aromatic carbocycles. The minimum absolute atomic E-state index is 0.152. The van der Waals surface area contributed by atoms with Crippen LogP contribution in [-0.2, 0) is 0 Å². The third-order valence-electron chi connectivity index (χ3n) is 6.20. The number of ether oxygens (including phenoxy) is 1. The molecule has 5 rings (SSSR count).